The van der Waals surface area contributed by atoms with Crippen LogP contribution in [0.5, 0.6) is 0 Å². The zero-order valence-corrected chi connectivity index (χ0v) is 11.2. The van der Waals surface area contributed by atoms with Gasteiger partial charge >= 0.3 is 0 Å². The third kappa shape index (κ3) is 4.68. The van der Waals surface area contributed by atoms with Crippen LogP contribution >= 0.6 is 12.4 Å². The molecule has 4 nitrogen and oxygen atoms in total. The van der Waals surface area contributed by atoms with Gasteiger partial charge in [0, 0.05) is 20.2 Å². The van der Waals surface area contributed by atoms with Crippen molar-refractivity contribution in [3.63, 3.8) is 0 Å². The Balaban J connectivity index is 0.00000225. The number of amides is 1. The summed E-state index contributed by atoms with van der Waals surface area (Å²) in [5.74, 6) is 0.734. The lowest BCUT2D eigenvalue weighted by Gasteiger charge is -2.33. The largest absolute Gasteiger partial charge is 0.383 e. The fourth-order valence-corrected chi connectivity index (χ4v) is 1.65. The number of carbonyl (C=O) groups is 1. The Morgan fingerprint density at radius 3 is 2.56 bits per heavy atom. The number of hydrogen-bond donors (Lipinski definition) is 1. The van der Waals surface area contributed by atoms with E-state index in [1.807, 2.05) is 4.90 Å². The van der Waals surface area contributed by atoms with Gasteiger partial charge in [0.15, 0.2) is 0 Å². The number of rotatable bonds is 6. The molecule has 5 heteroatoms. The lowest BCUT2D eigenvalue weighted by molar-refractivity contribution is -0.136. The number of methoxy groups -OCH3 is 1. The van der Waals surface area contributed by atoms with E-state index in [2.05, 4.69) is 19.2 Å². The molecule has 0 aromatic heterocycles. The summed E-state index contributed by atoms with van der Waals surface area (Å²) < 4.78 is 5.02. The van der Waals surface area contributed by atoms with E-state index in [1.165, 1.54) is 0 Å². The highest BCUT2D eigenvalue weighted by Gasteiger charge is 2.28. The van der Waals surface area contributed by atoms with Gasteiger partial charge < -0.3 is 15.0 Å². The molecule has 16 heavy (non-hydrogen) atoms. The molecule has 0 aliphatic carbocycles. The summed E-state index contributed by atoms with van der Waals surface area (Å²) in [5, 5.41) is 3.14. The number of hydrogen-bond acceptors (Lipinski definition) is 3. The van der Waals surface area contributed by atoms with Gasteiger partial charge in [0.05, 0.1) is 12.6 Å². The highest BCUT2D eigenvalue weighted by molar-refractivity contribution is 5.85. The molecule has 0 bridgehead atoms. The van der Waals surface area contributed by atoms with Crippen LogP contribution in [0.3, 0.4) is 0 Å². The van der Waals surface area contributed by atoms with E-state index < -0.39 is 0 Å². The van der Waals surface area contributed by atoms with Gasteiger partial charge in [-0.3, -0.25) is 4.79 Å². The van der Waals surface area contributed by atoms with E-state index in [1.54, 1.807) is 7.11 Å². The summed E-state index contributed by atoms with van der Waals surface area (Å²) >= 11 is 0. The van der Waals surface area contributed by atoms with Crippen LogP contribution in [-0.2, 0) is 9.53 Å². The molecule has 0 radical (unpaired) electrons. The molecule has 1 saturated heterocycles. The van der Waals surface area contributed by atoms with Crippen LogP contribution in [0, 0.1) is 5.92 Å². The number of nitrogens with zero attached hydrogens (tertiary/aromatic N) is 1. The summed E-state index contributed by atoms with van der Waals surface area (Å²) in [6.45, 7) is 7.36. The quantitative estimate of drug-likeness (QED) is 0.762. The topological polar surface area (TPSA) is 41.6 Å². The summed E-state index contributed by atoms with van der Waals surface area (Å²) in [7, 11) is 1.67. The van der Waals surface area contributed by atoms with Gasteiger partial charge in [0.25, 0.3) is 0 Å². The first-order valence-corrected chi connectivity index (χ1v) is 5.66. The van der Waals surface area contributed by atoms with Crippen molar-refractivity contribution < 1.29 is 9.53 Å². The van der Waals surface area contributed by atoms with Crippen LogP contribution in [0.1, 0.15) is 20.3 Å². The zero-order valence-electron chi connectivity index (χ0n) is 10.4. The maximum atomic E-state index is 12.0. The maximum Gasteiger partial charge on any atom is 0.239 e. The van der Waals surface area contributed by atoms with Gasteiger partial charge in [-0.05, 0) is 18.9 Å². The van der Waals surface area contributed by atoms with Crippen molar-refractivity contribution in [2.24, 2.45) is 5.92 Å². The highest BCUT2D eigenvalue weighted by atomic mass is 35.5. The van der Waals surface area contributed by atoms with Crippen molar-refractivity contribution in [1.29, 1.82) is 0 Å². The molecule has 1 heterocycles. The number of ether oxygens (including phenoxy) is 1. The van der Waals surface area contributed by atoms with Crippen molar-refractivity contribution >= 4 is 18.3 Å². The molecule has 0 unspecified atom stereocenters. The Kier molecular flexibility index (Phi) is 7.72. The molecule has 0 saturated carbocycles. The van der Waals surface area contributed by atoms with E-state index in [0.29, 0.717) is 19.1 Å². The van der Waals surface area contributed by atoms with Crippen LogP contribution in [0.2, 0.25) is 0 Å². The summed E-state index contributed by atoms with van der Waals surface area (Å²) in [6, 6.07) is 0.0561. The number of halogens is 1. The summed E-state index contributed by atoms with van der Waals surface area (Å²) in [4.78, 5) is 13.9. The number of nitrogens with one attached hydrogen (secondary N) is 1. The predicted molar refractivity (Wildman–Crippen MR) is 66.9 cm³/mol. The molecule has 1 rings (SSSR count). The van der Waals surface area contributed by atoms with Crippen LogP contribution < -0.4 is 5.32 Å². The highest BCUT2D eigenvalue weighted by Crippen LogP contribution is 2.08. The van der Waals surface area contributed by atoms with Crippen LogP contribution in [0.15, 0.2) is 0 Å². The Morgan fingerprint density at radius 1 is 1.56 bits per heavy atom. The minimum atomic E-state index is 0. The minimum Gasteiger partial charge on any atom is -0.383 e. The minimum absolute atomic E-state index is 0. The first-order chi connectivity index (χ1) is 7.15. The molecular formula is C11H23ClN2O2. The molecule has 0 aromatic carbocycles. The monoisotopic (exact) mass is 250 g/mol. The van der Waals surface area contributed by atoms with Crippen LogP contribution in [0.4, 0.5) is 0 Å². The average molecular weight is 251 g/mol. The van der Waals surface area contributed by atoms with Crippen LogP contribution in [-0.4, -0.2) is 50.2 Å². The average Bonchev–Trinajstić information content (AvgIpc) is 2.08. The van der Waals surface area contributed by atoms with Crippen molar-refractivity contribution in [2.45, 2.75) is 26.3 Å². The third-order valence-corrected chi connectivity index (χ3v) is 2.58. The summed E-state index contributed by atoms with van der Waals surface area (Å²) in [5.41, 5.74) is 0. The third-order valence-electron chi connectivity index (χ3n) is 2.58. The molecule has 1 aliphatic rings. The summed E-state index contributed by atoms with van der Waals surface area (Å²) in [6.07, 6.45) is 0.973. The Labute approximate surface area is 104 Å². The van der Waals surface area contributed by atoms with Gasteiger partial charge in [0.2, 0.25) is 5.91 Å². The molecular weight excluding hydrogens is 228 g/mol. The smallest absolute Gasteiger partial charge is 0.239 e. The molecule has 96 valence electrons. The van der Waals surface area contributed by atoms with Crippen molar-refractivity contribution in [1.82, 2.24) is 10.2 Å². The number of carbonyl (C=O) groups excluding carboxylic acids is 1. The molecule has 0 aromatic rings. The second-order valence-electron chi connectivity index (χ2n) is 4.47. The van der Waals surface area contributed by atoms with Crippen molar-refractivity contribution in [3.05, 3.63) is 0 Å². The fraction of sp³-hybridized carbons (Fsp3) is 0.909. The first kappa shape index (κ1) is 15.7. The van der Waals surface area contributed by atoms with Crippen LogP contribution in [0.25, 0.3) is 0 Å². The van der Waals surface area contributed by atoms with E-state index in [4.69, 9.17) is 4.74 Å². The van der Waals surface area contributed by atoms with Gasteiger partial charge in [0.1, 0.15) is 0 Å². The molecule has 1 atom stereocenters. The fourth-order valence-electron chi connectivity index (χ4n) is 1.65. The van der Waals surface area contributed by atoms with Gasteiger partial charge in [-0.1, -0.05) is 13.8 Å². The molecule has 0 spiro atoms. The van der Waals surface area contributed by atoms with Crippen molar-refractivity contribution in [2.75, 3.05) is 33.4 Å². The Bertz CT molecular complexity index is 208. The second kappa shape index (κ2) is 7.87. The van der Waals surface area contributed by atoms with Gasteiger partial charge in [-0.15, -0.1) is 12.4 Å². The second-order valence-corrected chi connectivity index (χ2v) is 4.47. The predicted octanol–water partition coefficient (Wildman–Crippen LogP) is 0.901. The Morgan fingerprint density at radius 2 is 2.19 bits per heavy atom. The van der Waals surface area contributed by atoms with E-state index in [-0.39, 0.29) is 24.4 Å². The zero-order chi connectivity index (χ0) is 11.3. The molecule has 1 N–H and O–H groups in total. The van der Waals surface area contributed by atoms with Gasteiger partial charge in [-0.2, -0.15) is 0 Å². The standard InChI is InChI=1S/C11H22N2O2.ClH/c1-9(2)8-13(6-7-15-3)11(14)10-4-5-12-10;/h9-10,12H,4-8H2,1-3H3;1H/t10-;/m1./s1. The van der Waals surface area contributed by atoms with Crippen molar-refractivity contribution in [3.8, 4) is 0 Å². The molecule has 1 amide bonds. The molecule has 1 aliphatic heterocycles. The SMILES string of the molecule is COCCN(CC(C)C)C(=O)[C@H]1CCN1.Cl. The van der Waals surface area contributed by atoms with Gasteiger partial charge in [-0.25, -0.2) is 0 Å². The van der Waals surface area contributed by atoms with E-state index in [0.717, 1.165) is 19.5 Å². The lowest BCUT2D eigenvalue weighted by Crippen LogP contribution is -2.55. The maximum absolute atomic E-state index is 12.0. The first-order valence-electron chi connectivity index (χ1n) is 5.66. The normalized spacial score (nSPS) is 18.9. The lowest BCUT2D eigenvalue weighted by atomic mass is 10.1. The Hall–Kier alpha value is -0.320. The van der Waals surface area contributed by atoms with E-state index >= 15 is 0 Å². The molecule has 1 fully saturated rings. The van der Waals surface area contributed by atoms with E-state index in [9.17, 15) is 4.79 Å².